The average Bonchev–Trinajstić information content (AvgIpc) is 2.09. The molecule has 3 atom stereocenters. The van der Waals surface area contributed by atoms with Crippen LogP contribution in [0.4, 0.5) is 0 Å². The molecule has 0 aromatic rings. The largest absolute Gasteiger partial charge is 0.717 e. The Kier molecular flexibility index (Phi) is 6.82. The summed E-state index contributed by atoms with van der Waals surface area (Å²) in [7, 11) is -2.41. The second kappa shape index (κ2) is 7.00. The van der Waals surface area contributed by atoms with Gasteiger partial charge in [-0.2, -0.15) is 0 Å². The SMILES string of the molecule is C=CCO[P+](=O)ON(C(C)O)C(C)O. The molecule has 82 valence electrons. The zero-order valence-electron chi connectivity index (χ0n) is 8.16. The fraction of sp³-hybridized carbons (Fsp3) is 0.714. The first-order valence-electron chi connectivity index (χ1n) is 4.02. The maximum Gasteiger partial charge on any atom is 0.717 e. The Morgan fingerprint density at radius 2 is 2.00 bits per heavy atom. The minimum Gasteiger partial charge on any atom is -0.376 e. The van der Waals surface area contributed by atoms with Crippen molar-refractivity contribution in [2.75, 3.05) is 6.61 Å². The second-order valence-electron chi connectivity index (χ2n) is 2.51. The van der Waals surface area contributed by atoms with Gasteiger partial charge in [-0.3, -0.25) is 0 Å². The molecular formula is C7H15NO5P+. The first-order chi connectivity index (χ1) is 6.49. The van der Waals surface area contributed by atoms with Crippen molar-refractivity contribution in [2.45, 2.75) is 26.3 Å². The Balaban J connectivity index is 4.03. The van der Waals surface area contributed by atoms with Gasteiger partial charge < -0.3 is 10.2 Å². The molecule has 0 amide bonds. The lowest BCUT2D eigenvalue weighted by Gasteiger charge is -2.19. The van der Waals surface area contributed by atoms with Crippen LogP contribution in [-0.2, 0) is 13.7 Å². The highest BCUT2D eigenvalue weighted by molar-refractivity contribution is 7.33. The molecule has 0 radical (unpaired) electrons. The van der Waals surface area contributed by atoms with E-state index in [1.165, 1.54) is 19.9 Å². The number of rotatable bonds is 7. The second-order valence-corrected chi connectivity index (χ2v) is 3.38. The van der Waals surface area contributed by atoms with E-state index in [-0.39, 0.29) is 6.61 Å². The topological polar surface area (TPSA) is 79.2 Å². The van der Waals surface area contributed by atoms with Crippen molar-refractivity contribution >= 4 is 8.25 Å². The molecule has 0 aromatic heterocycles. The number of nitrogens with zero attached hydrogens (tertiary/aromatic N) is 1. The molecule has 2 N–H and O–H groups in total. The molecule has 0 heterocycles. The number of hydrogen-bond donors (Lipinski definition) is 2. The van der Waals surface area contributed by atoms with Gasteiger partial charge in [0, 0.05) is 4.57 Å². The van der Waals surface area contributed by atoms with E-state index >= 15 is 0 Å². The average molecular weight is 224 g/mol. The van der Waals surface area contributed by atoms with Gasteiger partial charge in [-0.25, -0.2) is 0 Å². The van der Waals surface area contributed by atoms with Gasteiger partial charge in [-0.05, 0) is 18.5 Å². The molecular weight excluding hydrogens is 209 g/mol. The summed E-state index contributed by atoms with van der Waals surface area (Å²) in [5.41, 5.74) is 0. The van der Waals surface area contributed by atoms with E-state index in [1.54, 1.807) is 0 Å². The molecule has 0 spiro atoms. The number of hydroxylamine groups is 2. The van der Waals surface area contributed by atoms with Crippen LogP contribution in [-0.4, -0.2) is 34.3 Å². The predicted octanol–water partition coefficient (Wildman–Crippen LogP) is 0.757. The Hall–Kier alpha value is -0.360. The third-order valence-corrected chi connectivity index (χ3v) is 1.88. The summed E-state index contributed by atoms with van der Waals surface area (Å²) in [6.45, 7) is 6.16. The normalized spacial score (nSPS) is 16.5. The third kappa shape index (κ3) is 5.39. The van der Waals surface area contributed by atoms with Crippen LogP contribution in [0, 0.1) is 0 Å². The van der Waals surface area contributed by atoms with Gasteiger partial charge in [0.25, 0.3) is 0 Å². The van der Waals surface area contributed by atoms with Crippen LogP contribution in [0.2, 0.25) is 0 Å². The molecule has 0 aromatic carbocycles. The minimum atomic E-state index is -2.41. The Morgan fingerprint density at radius 3 is 2.36 bits per heavy atom. The Morgan fingerprint density at radius 1 is 1.50 bits per heavy atom. The van der Waals surface area contributed by atoms with Crippen molar-refractivity contribution in [3.8, 4) is 0 Å². The zero-order valence-corrected chi connectivity index (χ0v) is 9.05. The monoisotopic (exact) mass is 224 g/mol. The van der Waals surface area contributed by atoms with E-state index in [0.717, 1.165) is 5.06 Å². The smallest absolute Gasteiger partial charge is 0.376 e. The van der Waals surface area contributed by atoms with Gasteiger partial charge in [-0.1, -0.05) is 11.1 Å². The molecule has 0 rings (SSSR count). The third-order valence-electron chi connectivity index (χ3n) is 1.20. The van der Waals surface area contributed by atoms with E-state index < -0.39 is 20.7 Å². The molecule has 7 heteroatoms. The predicted molar refractivity (Wildman–Crippen MR) is 50.0 cm³/mol. The van der Waals surface area contributed by atoms with Crippen molar-refractivity contribution in [3.63, 3.8) is 0 Å². The molecule has 0 fully saturated rings. The quantitative estimate of drug-likeness (QED) is 0.287. The van der Waals surface area contributed by atoms with E-state index in [0.29, 0.717) is 0 Å². The molecule has 0 saturated heterocycles. The summed E-state index contributed by atoms with van der Waals surface area (Å²) in [5, 5.41) is 19.0. The van der Waals surface area contributed by atoms with Gasteiger partial charge in [0.1, 0.15) is 19.1 Å². The maximum absolute atomic E-state index is 11.0. The van der Waals surface area contributed by atoms with E-state index in [2.05, 4.69) is 15.7 Å². The molecule has 14 heavy (non-hydrogen) atoms. The van der Waals surface area contributed by atoms with Gasteiger partial charge in [0.2, 0.25) is 0 Å². The van der Waals surface area contributed by atoms with Crippen LogP contribution in [0.25, 0.3) is 0 Å². The van der Waals surface area contributed by atoms with Crippen molar-refractivity contribution < 1.29 is 23.9 Å². The summed E-state index contributed by atoms with van der Waals surface area (Å²) in [6.07, 6.45) is -0.756. The van der Waals surface area contributed by atoms with Crippen LogP contribution in [0.1, 0.15) is 13.8 Å². The van der Waals surface area contributed by atoms with E-state index in [9.17, 15) is 4.57 Å². The Labute approximate surface area is 83.6 Å². The van der Waals surface area contributed by atoms with Crippen LogP contribution >= 0.6 is 8.25 Å². The molecule has 0 aliphatic carbocycles. The number of aliphatic hydroxyl groups excluding tert-OH is 2. The summed E-state index contributed by atoms with van der Waals surface area (Å²) < 4.78 is 20.3. The fourth-order valence-corrected chi connectivity index (χ4v) is 1.36. The molecule has 0 saturated carbocycles. The summed E-state index contributed by atoms with van der Waals surface area (Å²) in [4.78, 5) is 0. The lowest BCUT2D eigenvalue weighted by Crippen LogP contribution is -2.38. The Bertz CT molecular complexity index is 189. The van der Waals surface area contributed by atoms with Crippen LogP contribution in [0.5, 0.6) is 0 Å². The van der Waals surface area contributed by atoms with E-state index in [4.69, 9.17) is 10.2 Å². The lowest BCUT2D eigenvalue weighted by atomic mass is 10.5. The first-order valence-corrected chi connectivity index (χ1v) is 5.12. The summed E-state index contributed by atoms with van der Waals surface area (Å²) in [6, 6.07) is 0. The highest BCUT2D eigenvalue weighted by Crippen LogP contribution is 2.27. The molecule has 0 aliphatic heterocycles. The van der Waals surface area contributed by atoms with Crippen LogP contribution < -0.4 is 0 Å². The van der Waals surface area contributed by atoms with Gasteiger partial charge in [0.05, 0.1) is 0 Å². The highest BCUT2D eigenvalue weighted by Gasteiger charge is 2.31. The van der Waals surface area contributed by atoms with Crippen molar-refractivity contribution in [1.29, 1.82) is 0 Å². The molecule has 0 bridgehead atoms. The van der Waals surface area contributed by atoms with Crippen molar-refractivity contribution in [2.24, 2.45) is 0 Å². The van der Waals surface area contributed by atoms with Crippen LogP contribution in [0.15, 0.2) is 12.7 Å². The van der Waals surface area contributed by atoms with Gasteiger partial charge in [-0.15, -0.1) is 11.1 Å². The molecule has 0 aliphatic rings. The number of hydrogen-bond acceptors (Lipinski definition) is 6. The maximum atomic E-state index is 11.0. The van der Waals surface area contributed by atoms with Crippen LogP contribution in [0.3, 0.4) is 0 Å². The standard InChI is InChI=1S/C7H15NO5P/c1-4-5-12-14(11)13-8(6(2)9)7(3)10/h4,6-7,9-10H,1,5H2,2-3H3/q+1. The fourth-order valence-electron chi connectivity index (χ4n) is 0.663. The summed E-state index contributed by atoms with van der Waals surface area (Å²) >= 11 is 0. The zero-order chi connectivity index (χ0) is 11.1. The minimum absolute atomic E-state index is 0.0721. The van der Waals surface area contributed by atoms with Crippen molar-refractivity contribution in [3.05, 3.63) is 12.7 Å². The van der Waals surface area contributed by atoms with Crippen molar-refractivity contribution in [1.82, 2.24) is 5.06 Å². The highest BCUT2D eigenvalue weighted by atomic mass is 31.1. The first kappa shape index (κ1) is 13.6. The molecule has 6 nitrogen and oxygen atoms in total. The lowest BCUT2D eigenvalue weighted by molar-refractivity contribution is -0.237. The number of aliphatic hydroxyl groups is 2. The van der Waals surface area contributed by atoms with E-state index in [1.807, 2.05) is 0 Å². The van der Waals surface area contributed by atoms with Gasteiger partial charge in [0.15, 0.2) is 0 Å². The summed E-state index contributed by atoms with van der Waals surface area (Å²) in [5.74, 6) is 0. The van der Waals surface area contributed by atoms with Gasteiger partial charge >= 0.3 is 8.25 Å². The molecule has 3 unspecified atom stereocenters.